The van der Waals surface area contributed by atoms with E-state index < -0.39 is 0 Å². The van der Waals surface area contributed by atoms with Crippen LogP contribution in [0.4, 0.5) is 5.69 Å². The highest BCUT2D eigenvalue weighted by molar-refractivity contribution is 5.53. The maximum Gasteiger partial charge on any atom is 0.115 e. The molecule has 0 amide bonds. The molecular weight excluding hydrogens is 200 g/mol. The topological polar surface area (TPSA) is 45.1 Å². The molecule has 2 N–H and O–H groups in total. The summed E-state index contributed by atoms with van der Waals surface area (Å²) in [4.78, 5) is 3.97. The van der Waals surface area contributed by atoms with Crippen molar-refractivity contribution in [3.8, 4) is 5.75 Å². The Bertz CT molecular complexity index is 469. The first-order valence-electron chi connectivity index (χ1n) is 5.18. The number of nitrogens with one attached hydrogen (secondary N) is 1. The van der Waals surface area contributed by atoms with E-state index in [2.05, 4.69) is 10.3 Å². The van der Waals surface area contributed by atoms with E-state index in [1.54, 1.807) is 24.5 Å². The molecule has 1 heterocycles. The third-order valence-corrected chi connectivity index (χ3v) is 2.44. The summed E-state index contributed by atoms with van der Waals surface area (Å²) in [5.74, 6) is 0.298. The average Bonchev–Trinajstić information content (AvgIpc) is 2.29. The Labute approximate surface area is 94.8 Å². The number of rotatable bonds is 3. The number of benzene rings is 1. The number of anilines is 1. The molecule has 3 heteroatoms. The maximum atomic E-state index is 9.29. The SMILES string of the molecule is Cc1cc(O)ccc1NCc1ccncc1. The quantitative estimate of drug-likeness (QED) is 0.772. The molecule has 82 valence electrons. The second-order valence-corrected chi connectivity index (χ2v) is 3.71. The Balaban J connectivity index is 2.05. The largest absolute Gasteiger partial charge is 0.508 e. The van der Waals surface area contributed by atoms with Gasteiger partial charge in [0.15, 0.2) is 0 Å². The molecule has 1 aromatic heterocycles. The summed E-state index contributed by atoms with van der Waals surface area (Å²) < 4.78 is 0. The molecule has 1 aromatic carbocycles. The predicted molar refractivity (Wildman–Crippen MR) is 64.4 cm³/mol. The number of hydrogen-bond acceptors (Lipinski definition) is 3. The Kier molecular flexibility index (Phi) is 3.05. The van der Waals surface area contributed by atoms with Crippen LogP contribution in [0.1, 0.15) is 11.1 Å². The molecule has 3 nitrogen and oxygen atoms in total. The summed E-state index contributed by atoms with van der Waals surface area (Å²) in [6.07, 6.45) is 3.56. The Morgan fingerprint density at radius 1 is 1.19 bits per heavy atom. The van der Waals surface area contributed by atoms with Gasteiger partial charge in [-0.05, 0) is 48.4 Å². The molecule has 0 aliphatic carbocycles. The van der Waals surface area contributed by atoms with Gasteiger partial charge in [-0.25, -0.2) is 0 Å². The van der Waals surface area contributed by atoms with E-state index in [1.165, 1.54) is 5.56 Å². The lowest BCUT2D eigenvalue weighted by atomic mass is 10.2. The molecular formula is C13H14N2O. The third-order valence-electron chi connectivity index (χ3n) is 2.44. The molecule has 0 atom stereocenters. The minimum absolute atomic E-state index is 0.298. The van der Waals surface area contributed by atoms with Crippen LogP contribution in [-0.2, 0) is 6.54 Å². The van der Waals surface area contributed by atoms with Crippen molar-refractivity contribution in [2.45, 2.75) is 13.5 Å². The van der Waals surface area contributed by atoms with E-state index in [1.807, 2.05) is 25.1 Å². The van der Waals surface area contributed by atoms with Crippen molar-refractivity contribution in [1.82, 2.24) is 4.98 Å². The molecule has 0 bridgehead atoms. The first-order valence-corrected chi connectivity index (χ1v) is 5.18. The lowest BCUT2D eigenvalue weighted by molar-refractivity contribution is 0.475. The molecule has 16 heavy (non-hydrogen) atoms. The predicted octanol–water partition coefficient (Wildman–Crippen LogP) is 2.71. The summed E-state index contributed by atoms with van der Waals surface area (Å²) in [6, 6.07) is 9.26. The van der Waals surface area contributed by atoms with E-state index in [0.717, 1.165) is 17.8 Å². The van der Waals surface area contributed by atoms with Crippen molar-refractivity contribution >= 4 is 5.69 Å². The van der Waals surface area contributed by atoms with Crippen LogP contribution in [-0.4, -0.2) is 10.1 Å². The fourth-order valence-corrected chi connectivity index (χ4v) is 1.54. The number of aromatic hydroxyl groups is 1. The van der Waals surface area contributed by atoms with Gasteiger partial charge in [-0.2, -0.15) is 0 Å². The van der Waals surface area contributed by atoms with Gasteiger partial charge in [0.2, 0.25) is 0 Å². The van der Waals surface area contributed by atoms with Gasteiger partial charge < -0.3 is 10.4 Å². The van der Waals surface area contributed by atoms with Crippen molar-refractivity contribution in [1.29, 1.82) is 0 Å². The number of phenols is 1. The summed E-state index contributed by atoms with van der Waals surface area (Å²) in [7, 11) is 0. The highest BCUT2D eigenvalue weighted by Crippen LogP contribution is 2.20. The van der Waals surface area contributed by atoms with E-state index in [9.17, 15) is 5.11 Å². The molecule has 2 rings (SSSR count). The van der Waals surface area contributed by atoms with E-state index in [0.29, 0.717) is 5.75 Å². The van der Waals surface area contributed by atoms with Gasteiger partial charge in [-0.3, -0.25) is 4.98 Å². The molecule has 0 aliphatic rings. The lowest BCUT2D eigenvalue weighted by Crippen LogP contribution is -2.00. The maximum absolute atomic E-state index is 9.29. The third kappa shape index (κ3) is 2.51. The summed E-state index contributed by atoms with van der Waals surface area (Å²) >= 11 is 0. The molecule has 2 aromatic rings. The van der Waals surface area contributed by atoms with E-state index >= 15 is 0 Å². The second kappa shape index (κ2) is 4.66. The van der Waals surface area contributed by atoms with Crippen molar-refractivity contribution in [3.05, 3.63) is 53.9 Å². The van der Waals surface area contributed by atoms with Crippen molar-refractivity contribution in [2.75, 3.05) is 5.32 Å². The van der Waals surface area contributed by atoms with Crippen LogP contribution >= 0.6 is 0 Å². The first-order chi connectivity index (χ1) is 7.75. The van der Waals surface area contributed by atoms with Gasteiger partial charge in [0.25, 0.3) is 0 Å². The number of hydrogen-bond donors (Lipinski definition) is 2. The normalized spacial score (nSPS) is 10.1. The summed E-state index contributed by atoms with van der Waals surface area (Å²) in [6.45, 7) is 2.72. The molecule has 0 radical (unpaired) electrons. The standard InChI is InChI=1S/C13H14N2O/c1-10-8-12(16)2-3-13(10)15-9-11-4-6-14-7-5-11/h2-8,15-16H,9H2,1H3. The van der Waals surface area contributed by atoms with Crippen LogP contribution in [0.5, 0.6) is 5.75 Å². The fourth-order valence-electron chi connectivity index (χ4n) is 1.54. The Morgan fingerprint density at radius 3 is 2.62 bits per heavy atom. The zero-order valence-corrected chi connectivity index (χ0v) is 9.14. The lowest BCUT2D eigenvalue weighted by Gasteiger charge is -2.09. The molecule has 0 saturated heterocycles. The number of aromatic nitrogens is 1. The number of aryl methyl sites for hydroxylation is 1. The van der Waals surface area contributed by atoms with E-state index in [-0.39, 0.29) is 0 Å². The number of nitrogens with zero attached hydrogens (tertiary/aromatic N) is 1. The van der Waals surface area contributed by atoms with Gasteiger partial charge in [0, 0.05) is 24.6 Å². The van der Waals surface area contributed by atoms with Crippen molar-refractivity contribution in [3.63, 3.8) is 0 Å². The van der Waals surface area contributed by atoms with Crippen LogP contribution in [0, 0.1) is 6.92 Å². The van der Waals surface area contributed by atoms with Crippen LogP contribution in [0.2, 0.25) is 0 Å². The number of pyridine rings is 1. The van der Waals surface area contributed by atoms with Crippen LogP contribution in [0.15, 0.2) is 42.7 Å². The minimum atomic E-state index is 0.298. The number of phenolic OH excluding ortho intramolecular Hbond substituents is 1. The molecule has 0 aliphatic heterocycles. The Morgan fingerprint density at radius 2 is 1.94 bits per heavy atom. The highest BCUT2D eigenvalue weighted by Gasteiger charge is 1.98. The second-order valence-electron chi connectivity index (χ2n) is 3.71. The zero-order valence-electron chi connectivity index (χ0n) is 9.14. The van der Waals surface area contributed by atoms with E-state index in [4.69, 9.17) is 0 Å². The molecule has 0 saturated carbocycles. The first kappa shape index (κ1) is 10.5. The Hall–Kier alpha value is -2.03. The zero-order chi connectivity index (χ0) is 11.4. The molecule has 0 spiro atoms. The molecule has 0 unspecified atom stereocenters. The molecule has 0 fully saturated rings. The van der Waals surface area contributed by atoms with Gasteiger partial charge in [0.05, 0.1) is 0 Å². The average molecular weight is 214 g/mol. The van der Waals surface area contributed by atoms with Gasteiger partial charge in [0.1, 0.15) is 5.75 Å². The van der Waals surface area contributed by atoms with Crippen LogP contribution < -0.4 is 5.32 Å². The van der Waals surface area contributed by atoms with Crippen molar-refractivity contribution in [2.24, 2.45) is 0 Å². The van der Waals surface area contributed by atoms with Crippen molar-refractivity contribution < 1.29 is 5.11 Å². The minimum Gasteiger partial charge on any atom is -0.508 e. The van der Waals surface area contributed by atoms with Gasteiger partial charge in [-0.15, -0.1) is 0 Å². The summed E-state index contributed by atoms with van der Waals surface area (Å²) in [5, 5.41) is 12.6. The van der Waals surface area contributed by atoms with Gasteiger partial charge >= 0.3 is 0 Å². The monoisotopic (exact) mass is 214 g/mol. The summed E-state index contributed by atoms with van der Waals surface area (Å²) in [5.41, 5.74) is 3.26. The van der Waals surface area contributed by atoms with Crippen LogP contribution in [0.3, 0.4) is 0 Å². The van der Waals surface area contributed by atoms with Gasteiger partial charge in [-0.1, -0.05) is 0 Å². The fraction of sp³-hybridized carbons (Fsp3) is 0.154. The highest BCUT2D eigenvalue weighted by atomic mass is 16.3. The van der Waals surface area contributed by atoms with Crippen LogP contribution in [0.25, 0.3) is 0 Å². The smallest absolute Gasteiger partial charge is 0.115 e.